The van der Waals surface area contributed by atoms with Crippen LogP contribution in [-0.4, -0.2) is 51.2 Å². The zero-order chi connectivity index (χ0) is 14.0. The highest BCUT2D eigenvalue weighted by Crippen LogP contribution is 2.31. The third kappa shape index (κ3) is 3.16. The fraction of sp³-hybridized carbons (Fsp3) is 0.417. The van der Waals surface area contributed by atoms with Crippen molar-refractivity contribution in [1.82, 2.24) is 9.80 Å². The van der Waals surface area contributed by atoms with Gasteiger partial charge in [0.05, 0.1) is 4.91 Å². The highest BCUT2D eigenvalue weighted by Gasteiger charge is 2.33. The Balaban J connectivity index is 2.12. The summed E-state index contributed by atoms with van der Waals surface area (Å²) < 4.78 is 0.303. The Kier molecular flexibility index (Phi) is 4.26. The smallest absolute Gasteiger partial charge is 0.323 e. The second-order valence-corrected chi connectivity index (χ2v) is 6.04. The van der Waals surface area contributed by atoms with E-state index >= 15 is 0 Å². The van der Waals surface area contributed by atoms with Gasteiger partial charge in [-0.25, -0.2) is 0 Å². The molecule has 0 aromatic rings. The van der Waals surface area contributed by atoms with Crippen molar-refractivity contribution in [3.8, 4) is 0 Å². The van der Waals surface area contributed by atoms with Crippen LogP contribution in [-0.2, 0) is 9.59 Å². The monoisotopic (exact) mass is 298 g/mol. The van der Waals surface area contributed by atoms with E-state index in [0.29, 0.717) is 9.23 Å². The average molecular weight is 298 g/mol. The summed E-state index contributed by atoms with van der Waals surface area (Å²) in [5, 5.41) is 8.73. The minimum atomic E-state index is -1.06. The fourth-order valence-corrected chi connectivity index (χ4v) is 3.20. The van der Waals surface area contributed by atoms with Gasteiger partial charge in [-0.2, -0.15) is 0 Å². The van der Waals surface area contributed by atoms with Crippen LogP contribution in [0.15, 0.2) is 22.8 Å². The van der Waals surface area contributed by atoms with E-state index in [4.69, 9.17) is 17.3 Å². The summed E-state index contributed by atoms with van der Waals surface area (Å²) in [4.78, 5) is 26.4. The Morgan fingerprint density at radius 1 is 1.53 bits per heavy atom. The zero-order valence-corrected chi connectivity index (χ0v) is 12.1. The third-order valence-corrected chi connectivity index (χ3v) is 4.41. The minimum absolute atomic E-state index is 0.303. The van der Waals surface area contributed by atoms with Crippen molar-refractivity contribution < 1.29 is 14.7 Å². The molecule has 7 heteroatoms. The van der Waals surface area contributed by atoms with Crippen LogP contribution in [0.2, 0.25) is 0 Å². The van der Waals surface area contributed by atoms with E-state index in [1.165, 1.54) is 5.70 Å². The van der Waals surface area contributed by atoms with E-state index in [0.717, 1.165) is 36.0 Å². The topological polar surface area (TPSA) is 60.9 Å². The molecular weight excluding hydrogens is 284 g/mol. The molecule has 0 aromatic carbocycles. The van der Waals surface area contributed by atoms with Crippen molar-refractivity contribution in [2.45, 2.75) is 12.8 Å². The average Bonchev–Trinajstić information content (AvgIpc) is 2.85. The number of thioether (sulfide) groups is 1. The van der Waals surface area contributed by atoms with Gasteiger partial charge in [-0.05, 0) is 25.0 Å². The summed E-state index contributed by atoms with van der Waals surface area (Å²) in [6.45, 7) is 0.651. The first-order valence-electron chi connectivity index (χ1n) is 5.86. The summed E-state index contributed by atoms with van der Waals surface area (Å²) in [7, 11) is 2.02. The van der Waals surface area contributed by atoms with Crippen molar-refractivity contribution in [2.75, 3.05) is 20.1 Å². The van der Waals surface area contributed by atoms with Gasteiger partial charge >= 0.3 is 5.97 Å². The van der Waals surface area contributed by atoms with Gasteiger partial charge in [0.25, 0.3) is 5.91 Å². The molecule has 0 unspecified atom stereocenters. The number of hydrogen-bond donors (Lipinski definition) is 1. The summed E-state index contributed by atoms with van der Waals surface area (Å²) >= 11 is 6.17. The molecule has 0 aliphatic carbocycles. The Morgan fingerprint density at radius 2 is 2.26 bits per heavy atom. The molecule has 2 aliphatic rings. The zero-order valence-electron chi connectivity index (χ0n) is 10.5. The lowest BCUT2D eigenvalue weighted by atomic mass is 10.3. The summed E-state index contributed by atoms with van der Waals surface area (Å²) in [5.74, 6) is -1.39. The predicted octanol–water partition coefficient (Wildman–Crippen LogP) is 1.42. The number of carboxylic acid groups (broad SMARTS) is 1. The molecule has 0 saturated carbocycles. The van der Waals surface area contributed by atoms with Gasteiger partial charge in [0.1, 0.15) is 10.9 Å². The molecule has 0 radical (unpaired) electrons. The lowest BCUT2D eigenvalue weighted by Crippen LogP contribution is -2.33. The largest absolute Gasteiger partial charge is 0.480 e. The first-order valence-corrected chi connectivity index (χ1v) is 7.09. The van der Waals surface area contributed by atoms with E-state index in [1.807, 2.05) is 13.1 Å². The number of carboxylic acids is 1. The van der Waals surface area contributed by atoms with Gasteiger partial charge in [0.15, 0.2) is 0 Å². The fourth-order valence-electron chi connectivity index (χ4n) is 2.00. The Labute approximate surface area is 120 Å². The minimum Gasteiger partial charge on any atom is -0.480 e. The van der Waals surface area contributed by atoms with Crippen molar-refractivity contribution in [3.63, 3.8) is 0 Å². The molecule has 0 atom stereocenters. The van der Waals surface area contributed by atoms with Gasteiger partial charge in [0, 0.05) is 19.3 Å². The molecule has 0 spiro atoms. The van der Waals surface area contributed by atoms with Crippen LogP contribution >= 0.6 is 24.0 Å². The number of likely N-dealkylation sites (tertiary alicyclic amines) is 1. The second-order valence-electron chi connectivity index (χ2n) is 4.37. The Bertz CT molecular complexity index is 499. The van der Waals surface area contributed by atoms with E-state index in [2.05, 4.69) is 4.90 Å². The molecule has 5 nitrogen and oxygen atoms in total. The van der Waals surface area contributed by atoms with E-state index in [1.54, 1.807) is 6.08 Å². The number of rotatable bonds is 3. The molecule has 2 saturated heterocycles. The van der Waals surface area contributed by atoms with E-state index in [9.17, 15) is 9.59 Å². The molecular formula is C12H14N2O3S2. The van der Waals surface area contributed by atoms with Crippen molar-refractivity contribution >= 4 is 40.2 Å². The number of thiocarbonyl (C=S) groups is 1. The van der Waals surface area contributed by atoms with Gasteiger partial charge in [-0.15, -0.1) is 0 Å². The predicted molar refractivity (Wildman–Crippen MR) is 77.6 cm³/mol. The van der Waals surface area contributed by atoms with Gasteiger partial charge in [-0.1, -0.05) is 24.0 Å². The van der Waals surface area contributed by atoms with E-state index in [-0.39, 0.29) is 12.5 Å². The number of hydrogen-bond acceptors (Lipinski definition) is 5. The summed E-state index contributed by atoms with van der Waals surface area (Å²) in [5.41, 5.74) is 1.18. The molecule has 2 fully saturated rings. The first-order chi connectivity index (χ1) is 8.99. The summed E-state index contributed by atoms with van der Waals surface area (Å²) in [6.07, 6.45) is 5.77. The van der Waals surface area contributed by atoms with Crippen LogP contribution in [0, 0.1) is 0 Å². The maximum atomic E-state index is 12.0. The molecule has 2 aliphatic heterocycles. The molecule has 1 amide bonds. The van der Waals surface area contributed by atoms with Crippen LogP contribution < -0.4 is 0 Å². The SMILES string of the molecule is CN1CCCC1=CC=C1SC(=S)N(CC(=O)O)C1=O. The normalized spacial score (nSPS) is 24.1. The first kappa shape index (κ1) is 14.1. The number of aliphatic carboxylic acids is 1. The number of amides is 1. The lowest BCUT2D eigenvalue weighted by molar-refractivity contribution is -0.140. The number of allylic oxidation sites excluding steroid dienone is 3. The number of carbonyl (C=O) groups excluding carboxylic acids is 1. The molecule has 1 N–H and O–H groups in total. The van der Waals surface area contributed by atoms with Crippen molar-refractivity contribution in [2.24, 2.45) is 0 Å². The molecule has 2 rings (SSSR count). The quantitative estimate of drug-likeness (QED) is 0.628. The van der Waals surface area contributed by atoms with Gasteiger partial charge in [-0.3, -0.25) is 14.5 Å². The van der Waals surface area contributed by atoms with Crippen LogP contribution in [0.5, 0.6) is 0 Å². The lowest BCUT2D eigenvalue weighted by Gasteiger charge is -2.11. The second kappa shape index (κ2) is 5.75. The third-order valence-electron chi connectivity index (χ3n) is 3.01. The Morgan fingerprint density at radius 3 is 2.84 bits per heavy atom. The van der Waals surface area contributed by atoms with Crippen molar-refractivity contribution in [3.05, 3.63) is 22.8 Å². The highest BCUT2D eigenvalue weighted by molar-refractivity contribution is 8.26. The molecule has 0 bridgehead atoms. The molecule has 19 heavy (non-hydrogen) atoms. The van der Waals surface area contributed by atoms with Crippen LogP contribution in [0.25, 0.3) is 0 Å². The number of carbonyl (C=O) groups is 2. The van der Waals surface area contributed by atoms with Crippen molar-refractivity contribution in [1.29, 1.82) is 0 Å². The maximum Gasteiger partial charge on any atom is 0.323 e. The molecule has 0 aromatic heterocycles. The molecule has 2 heterocycles. The standard InChI is InChI=1S/C12H14N2O3S2/c1-13-6-2-3-8(13)4-5-9-11(17)14(7-10(15)16)12(18)19-9/h4-5H,2-3,6-7H2,1H3,(H,15,16). The van der Waals surface area contributed by atoms with E-state index < -0.39 is 5.97 Å². The van der Waals surface area contributed by atoms with Gasteiger partial charge < -0.3 is 10.0 Å². The Hall–Kier alpha value is -1.34. The van der Waals surface area contributed by atoms with Crippen LogP contribution in [0.3, 0.4) is 0 Å². The number of nitrogens with zero attached hydrogens (tertiary/aromatic N) is 2. The summed E-state index contributed by atoms with van der Waals surface area (Å²) in [6, 6.07) is 0. The molecule has 102 valence electrons. The van der Waals surface area contributed by atoms with Crippen LogP contribution in [0.4, 0.5) is 0 Å². The maximum absolute atomic E-state index is 12.0. The van der Waals surface area contributed by atoms with Crippen LogP contribution in [0.1, 0.15) is 12.8 Å². The highest BCUT2D eigenvalue weighted by atomic mass is 32.2. The van der Waals surface area contributed by atoms with Gasteiger partial charge in [0.2, 0.25) is 0 Å².